The summed E-state index contributed by atoms with van der Waals surface area (Å²) in [5, 5.41) is 16.4. The Morgan fingerprint density at radius 1 is 1.06 bits per heavy atom. The summed E-state index contributed by atoms with van der Waals surface area (Å²) in [5.74, 6) is -1.93. The number of benzene rings is 2. The molecular formula is C27H24FN3O3. The van der Waals surface area contributed by atoms with Crippen molar-refractivity contribution in [2.45, 2.75) is 19.3 Å². The zero-order chi connectivity index (χ0) is 24.2. The zero-order valence-electron chi connectivity index (χ0n) is 18.3. The van der Waals surface area contributed by atoms with Crippen molar-refractivity contribution in [3.05, 3.63) is 105 Å². The lowest BCUT2D eigenvalue weighted by atomic mass is 9.73. The molecule has 1 aromatic heterocycles. The van der Waals surface area contributed by atoms with Gasteiger partial charge in [0.05, 0.1) is 5.56 Å². The van der Waals surface area contributed by atoms with Crippen molar-refractivity contribution in [2.24, 2.45) is 5.92 Å². The molecule has 1 heterocycles. The van der Waals surface area contributed by atoms with Crippen LogP contribution in [-0.4, -0.2) is 22.0 Å². The van der Waals surface area contributed by atoms with E-state index in [2.05, 4.69) is 4.98 Å². The molecule has 34 heavy (non-hydrogen) atoms. The average Bonchev–Trinajstić information content (AvgIpc) is 2.77. The van der Waals surface area contributed by atoms with Gasteiger partial charge in [-0.1, -0.05) is 36.8 Å². The SMILES string of the molecule is N=C(F)c1cc(/C(=C(/c2cc[nH]c(=O)c2)C2CCC2)c2ccc(/C=C/C(=O)O)cc2)ccc1N. The molecule has 0 saturated heterocycles. The predicted molar refractivity (Wildman–Crippen MR) is 132 cm³/mol. The lowest BCUT2D eigenvalue weighted by Crippen LogP contribution is -2.17. The standard InChI is InChI=1S/C27H24FN3O3/c28-27(30)21-14-19(9-10-22(21)29)26(18-7-4-16(5-8-18)6-11-24(33)34)25(17-2-1-3-17)20-12-13-31-23(32)15-20/h4-15,17,30H,1-3,29H2,(H,31,32)(H,33,34)/b11-6+,26-25+,30-27?. The highest BCUT2D eigenvalue weighted by Crippen LogP contribution is 2.45. The topological polar surface area (TPSA) is 120 Å². The quantitative estimate of drug-likeness (QED) is 0.224. The molecule has 7 heteroatoms. The third-order valence-corrected chi connectivity index (χ3v) is 6.06. The van der Waals surface area contributed by atoms with E-state index in [1.807, 2.05) is 18.2 Å². The number of halogens is 1. The van der Waals surface area contributed by atoms with Crippen LogP contribution in [0.15, 0.2) is 71.7 Å². The minimum atomic E-state index is -1.12. The van der Waals surface area contributed by atoms with Crippen molar-refractivity contribution in [1.82, 2.24) is 4.98 Å². The Morgan fingerprint density at radius 3 is 2.35 bits per heavy atom. The number of hydrogen-bond donors (Lipinski definition) is 4. The predicted octanol–water partition coefficient (Wildman–Crippen LogP) is 5.11. The highest BCUT2D eigenvalue weighted by molar-refractivity contribution is 6.03. The van der Waals surface area contributed by atoms with E-state index < -0.39 is 11.9 Å². The number of nitrogens with one attached hydrogen (secondary N) is 2. The van der Waals surface area contributed by atoms with E-state index >= 15 is 0 Å². The maximum Gasteiger partial charge on any atom is 0.328 e. The number of allylic oxidation sites excluding steroid dienone is 1. The van der Waals surface area contributed by atoms with E-state index in [0.29, 0.717) is 5.56 Å². The summed E-state index contributed by atoms with van der Waals surface area (Å²) in [6, 6.07) is 15.7. The minimum absolute atomic E-state index is 0.00915. The molecule has 0 radical (unpaired) electrons. The average molecular weight is 458 g/mol. The molecular weight excluding hydrogens is 433 g/mol. The molecule has 5 N–H and O–H groups in total. The number of aliphatic carboxylic acids is 1. The third kappa shape index (κ3) is 4.88. The van der Waals surface area contributed by atoms with Gasteiger partial charge in [0.25, 0.3) is 0 Å². The number of anilines is 1. The second kappa shape index (κ2) is 9.70. The molecule has 6 nitrogen and oxygen atoms in total. The van der Waals surface area contributed by atoms with Gasteiger partial charge in [-0.05, 0) is 76.4 Å². The van der Waals surface area contributed by atoms with Gasteiger partial charge < -0.3 is 15.8 Å². The van der Waals surface area contributed by atoms with Gasteiger partial charge in [0.2, 0.25) is 11.5 Å². The first-order valence-corrected chi connectivity index (χ1v) is 10.9. The fourth-order valence-corrected chi connectivity index (χ4v) is 4.20. The van der Waals surface area contributed by atoms with Crippen LogP contribution in [0.3, 0.4) is 0 Å². The lowest BCUT2D eigenvalue weighted by molar-refractivity contribution is -0.131. The summed E-state index contributed by atoms with van der Waals surface area (Å²) in [6.45, 7) is 0. The Bertz CT molecular complexity index is 1370. The molecule has 3 aromatic rings. The molecule has 4 rings (SSSR count). The summed E-state index contributed by atoms with van der Waals surface area (Å²) in [4.78, 5) is 25.7. The number of hydrogen-bond acceptors (Lipinski definition) is 4. The normalized spacial score (nSPS) is 14.5. The van der Waals surface area contributed by atoms with Crippen LogP contribution in [0.4, 0.5) is 10.1 Å². The van der Waals surface area contributed by atoms with E-state index in [-0.39, 0.29) is 22.7 Å². The van der Waals surface area contributed by atoms with E-state index in [0.717, 1.165) is 53.2 Å². The second-order valence-corrected chi connectivity index (χ2v) is 8.27. The van der Waals surface area contributed by atoms with E-state index in [1.165, 1.54) is 6.08 Å². The number of rotatable bonds is 7. The first-order valence-electron chi connectivity index (χ1n) is 10.9. The second-order valence-electron chi connectivity index (χ2n) is 8.27. The summed E-state index contributed by atoms with van der Waals surface area (Å²) in [6.07, 6.45) is 7.19. The highest BCUT2D eigenvalue weighted by Gasteiger charge is 2.27. The summed E-state index contributed by atoms with van der Waals surface area (Å²) in [7, 11) is 0. The molecule has 0 atom stereocenters. The monoisotopic (exact) mass is 457 g/mol. The number of carboxylic acids is 1. The van der Waals surface area contributed by atoms with Crippen LogP contribution in [0, 0.1) is 11.3 Å². The van der Waals surface area contributed by atoms with Gasteiger partial charge in [-0.2, -0.15) is 4.39 Å². The Hall–Kier alpha value is -4.26. The smallest absolute Gasteiger partial charge is 0.328 e. The van der Waals surface area contributed by atoms with E-state index in [1.54, 1.807) is 42.6 Å². The molecule has 1 aliphatic carbocycles. The van der Waals surface area contributed by atoms with Gasteiger partial charge in [-0.25, -0.2) is 4.79 Å². The van der Waals surface area contributed by atoms with Gasteiger partial charge in [0.1, 0.15) is 0 Å². The molecule has 1 fully saturated rings. The first-order chi connectivity index (χ1) is 16.3. The molecule has 0 spiro atoms. The van der Waals surface area contributed by atoms with Crippen LogP contribution < -0.4 is 11.3 Å². The summed E-state index contributed by atoms with van der Waals surface area (Å²) in [5.41, 5.74) is 10.7. The number of aromatic amines is 1. The number of nitrogen functional groups attached to an aromatic ring is 1. The highest BCUT2D eigenvalue weighted by atomic mass is 19.1. The van der Waals surface area contributed by atoms with Crippen molar-refractivity contribution < 1.29 is 14.3 Å². The van der Waals surface area contributed by atoms with Gasteiger partial charge in [-0.3, -0.25) is 10.2 Å². The molecule has 2 aromatic carbocycles. The molecule has 172 valence electrons. The van der Waals surface area contributed by atoms with Gasteiger partial charge in [-0.15, -0.1) is 0 Å². The lowest BCUT2D eigenvalue weighted by Gasteiger charge is -2.31. The molecule has 0 bridgehead atoms. The number of carboxylic acid groups (broad SMARTS) is 1. The van der Waals surface area contributed by atoms with Crippen LogP contribution in [0.25, 0.3) is 17.2 Å². The summed E-state index contributed by atoms with van der Waals surface area (Å²) < 4.78 is 13.9. The number of H-pyrrole nitrogens is 1. The summed E-state index contributed by atoms with van der Waals surface area (Å²) >= 11 is 0. The van der Waals surface area contributed by atoms with Crippen LogP contribution in [0.2, 0.25) is 0 Å². The van der Waals surface area contributed by atoms with Crippen LogP contribution in [-0.2, 0) is 4.79 Å². The van der Waals surface area contributed by atoms with Crippen LogP contribution in [0.5, 0.6) is 0 Å². The molecule has 1 aliphatic rings. The van der Waals surface area contributed by atoms with Crippen molar-refractivity contribution in [2.75, 3.05) is 5.73 Å². The Kier molecular flexibility index (Phi) is 6.54. The fraction of sp³-hybridized carbons (Fsp3) is 0.148. The third-order valence-electron chi connectivity index (χ3n) is 6.06. The van der Waals surface area contributed by atoms with E-state index in [4.69, 9.17) is 16.2 Å². The maximum atomic E-state index is 13.9. The fourth-order valence-electron chi connectivity index (χ4n) is 4.20. The zero-order valence-corrected chi connectivity index (χ0v) is 18.3. The van der Waals surface area contributed by atoms with Crippen LogP contribution in [0.1, 0.15) is 47.1 Å². The van der Waals surface area contributed by atoms with Crippen molar-refractivity contribution >= 4 is 34.8 Å². The molecule has 1 saturated carbocycles. The minimum Gasteiger partial charge on any atom is -0.478 e. The molecule has 0 amide bonds. The maximum absolute atomic E-state index is 13.9. The number of pyridine rings is 1. The van der Waals surface area contributed by atoms with Crippen molar-refractivity contribution in [3.8, 4) is 0 Å². The van der Waals surface area contributed by atoms with E-state index in [9.17, 15) is 14.0 Å². The largest absolute Gasteiger partial charge is 0.478 e. The van der Waals surface area contributed by atoms with Gasteiger partial charge in [0.15, 0.2) is 0 Å². The van der Waals surface area contributed by atoms with Gasteiger partial charge >= 0.3 is 5.97 Å². The number of aromatic nitrogens is 1. The number of nitrogens with two attached hydrogens (primary N) is 1. The Labute approximate surface area is 195 Å². The van der Waals surface area contributed by atoms with Gasteiger partial charge in [0, 0.05) is 24.0 Å². The Balaban J connectivity index is 1.98. The molecule has 0 aliphatic heterocycles. The molecule has 0 unspecified atom stereocenters. The van der Waals surface area contributed by atoms with Crippen molar-refractivity contribution in [1.29, 1.82) is 5.41 Å². The Morgan fingerprint density at radius 2 is 1.76 bits per heavy atom. The van der Waals surface area contributed by atoms with Crippen molar-refractivity contribution in [3.63, 3.8) is 0 Å². The number of carbonyl (C=O) groups is 1. The first kappa shape index (κ1) is 22.9. The van der Waals surface area contributed by atoms with Crippen LogP contribution >= 0.6 is 0 Å².